The Morgan fingerprint density at radius 3 is 2.00 bits per heavy atom. The molecule has 3 amide bonds. The van der Waals surface area contributed by atoms with Crippen LogP contribution in [-0.2, 0) is 42.8 Å². The lowest BCUT2D eigenvalue weighted by atomic mass is 10.0. The number of rotatable bonds is 24. The van der Waals surface area contributed by atoms with Crippen molar-refractivity contribution in [1.29, 1.82) is 0 Å². The van der Waals surface area contributed by atoms with Gasteiger partial charge in [-0.25, -0.2) is 4.79 Å². The van der Waals surface area contributed by atoms with Crippen molar-refractivity contribution in [2.75, 3.05) is 91.2 Å². The third-order valence-corrected chi connectivity index (χ3v) is 7.77. The van der Waals surface area contributed by atoms with Crippen molar-refractivity contribution >= 4 is 33.8 Å². The van der Waals surface area contributed by atoms with Gasteiger partial charge in [0, 0.05) is 24.0 Å². The average Bonchev–Trinajstić information content (AvgIpc) is 3.41. The van der Waals surface area contributed by atoms with Gasteiger partial charge in [-0.3, -0.25) is 8.98 Å². The number of urea groups is 1. The van der Waals surface area contributed by atoms with Gasteiger partial charge in [0.15, 0.2) is 0 Å². The molecule has 0 radical (unpaired) electrons. The number of carbonyl (C=O) groups excluding carboxylic acids is 2. The number of carbonyl (C=O) groups is 2. The molecule has 0 bridgehead atoms. The second-order valence-corrected chi connectivity index (χ2v) is 11.7. The zero-order valence-corrected chi connectivity index (χ0v) is 23.8. The Kier molecular flexibility index (Phi) is 17.2. The maximum Gasteiger partial charge on any atom is 0.315 e. The van der Waals surface area contributed by atoms with E-state index in [1.54, 1.807) is 0 Å². The normalized spacial score (nSPS) is 20.8. The lowest BCUT2D eigenvalue weighted by Gasteiger charge is -2.16. The summed E-state index contributed by atoms with van der Waals surface area (Å²) in [5.41, 5.74) is 0. The first-order chi connectivity index (χ1) is 18.3. The number of ether oxygens (including phenoxy) is 5. The maximum absolute atomic E-state index is 12.0. The first kappa shape index (κ1) is 33.0. The smallest absolute Gasteiger partial charge is 0.315 e. The number of thioether (sulfide) groups is 1. The molecule has 2 aliphatic heterocycles. The fraction of sp³-hybridized carbons (Fsp3) is 0.913. The van der Waals surface area contributed by atoms with E-state index in [0.29, 0.717) is 77.7 Å². The minimum Gasteiger partial charge on any atom is -0.377 e. The molecule has 222 valence electrons. The van der Waals surface area contributed by atoms with Crippen LogP contribution in [-0.4, -0.2) is 129 Å². The molecule has 38 heavy (non-hydrogen) atoms. The van der Waals surface area contributed by atoms with Gasteiger partial charge in [0.2, 0.25) is 5.91 Å². The molecule has 0 saturated carbocycles. The third-order valence-electron chi connectivity index (χ3n) is 5.66. The summed E-state index contributed by atoms with van der Waals surface area (Å²) < 4.78 is 52.8. The quantitative estimate of drug-likeness (QED) is 0.0788. The molecule has 2 saturated heterocycles. The summed E-state index contributed by atoms with van der Waals surface area (Å²) in [6, 6.07) is 0.398. The number of hydrogen-bond acceptors (Lipinski definition) is 11. The first-order valence-electron chi connectivity index (χ1n) is 13.0. The van der Waals surface area contributed by atoms with Gasteiger partial charge >= 0.3 is 6.03 Å². The highest BCUT2D eigenvalue weighted by molar-refractivity contribution is 8.00. The Morgan fingerprint density at radius 2 is 1.42 bits per heavy atom. The van der Waals surface area contributed by atoms with Gasteiger partial charge < -0.3 is 39.6 Å². The molecule has 0 aromatic carbocycles. The van der Waals surface area contributed by atoms with Crippen molar-refractivity contribution in [2.45, 2.75) is 43.0 Å². The van der Waals surface area contributed by atoms with Crippen LogP contribution >= 0.6 is 11.8 Å². The molecule has 0 aromatic heterocycles. The number of unbranched alkanes of at least 4 members (excludes halogenated alkanes) is 1. The second kappa shape index (κ2) is 19.8. The van der Waals surface area contributed by atoms with Crippen molar-refractivity contribution in [3.63, 3.8) is 0 Å². The van der Waals surface area contributed by atoms with Gasteiger partial charge in [0.25, 0.3) is 10.1 Å². The molecule has 3 atom stereocenters. The molecule has 2 fully saturated rings. The summed E-state index contributed by atoms with van der Waals surface area (Å²) >= 11 is 1.89. The van der Waals surface area contributed by atoms with E-state index in [9.17, 15) is 18.0 Å². The molecule has 0 spiro atoms. The Labute approximate surface area is 229 Å². The van der Waals surface area contributed by atoms with Crippen molar-refractivity contribution in [3.8, 4) is 0 Å². The van der Waals surface area contributed by atoms with E-state index in [-0.39, 0.29) is 37.2 Å². The summed E-state index contributed by atoms with van der Waals surface area (Å²) in [6.45, 7) is 4.48. The standard InChI is InChI=1S/C23H43N3O10S2/c1-38(29,30)36-17-16-35-15-14-34-13-12-33-11-10-32-9-8-31-7-6-24-21(27)5-3-2-4-20-22-19(18-37-20)25-23(28)26-22/h19-20,22H,2-18H2,1H3,(H,24,27)(H2,25,26,28)/t19-,20-,22-/m0/s1. The number of hydrogen-bond donors (Lipinski definition) is 3. The zero-order valence-electron chi connectivity index (χ0n) is 22.2. The molecule has 0 aliphatic carbocycles. The lowest BCUT2D eigenvalue weighted by Crippen LogP contribution is -2.36. The predicted molar refractivity (Wildman–Crippen MR) is 142 cm³/mol. The van der Waals surface area contributed by atoms with Crippen molar-refractivity contribution in [1.82, 2.24) is 16.0 Å². The minimum absolute atomic E-state index is 0.00631. The van der Waals surface area contributed by atoms with Crippen molar-refractivity contribution < 1.29 is 45.9 Å². The SMILES string of the molecule is CS(=O)(=O)OCCOCCOCCOCCOCCOCCNC(=O)CCCC[C@@H]1SC[C@@H]2NC(=O)N[C@@H]21. The first-order valence-corrected chi connectivity index (χ1v) is 15.9. The monoisotopic (exact) mass is 585 g/mol. The molecular formula is C23H43N3O10S2. The summed E-state index contributed by atoms with van der Waals surface area (Å²) in [6.07, 6.45) is 4.31. The molecule has 2 aliphatic rings. The molecule has 3 N–H and O–H groups in total. The van der Waals surface area contributed by atoms with E-state index >= 15 is 0 Å². The van der Waals surface area contributed by atoms with Gasteiger partial charge in [-0.05, 0) is 12.8 Å². The van der Waals surface area contributed by atoms with Crippen LogP contribution in [0.2, 0.25) is 0 Å². The molecular weight excluding hydrogens is 542 g/mol. The highest BCUT2D eigenvalue weighted by atomic mass is 32.2. The molecule has 2 rings (SSSR count). The largest absolute Gasteiger partial charge is 0.377 e. The predicted octanol–water partition coefficient (Wildman–Crippen LogP) is -0.112. The van der Waals surface area contributed by atoms with Gasteiger partial charge in [0.1, 0.15) is 0 Å². The summed E-state index contributed by atoms with van der Waals surface area (Å²) in [5.74, 6) is 0.989. The fourth-order valence-electron chi connectivity index (χ4n) is 3.85. The van der Waals surface area contributed by atoms with Gasteiger partial charge in [-0.15, -0.1) is 0 Å². The molecule has 15 heteroatoms. The Morgan fingerprint density at radius 1 is 0.868 bits per heavy atom. The van der Waals surface area contributed by atoms with Crippen LogP contribution in [0.4, 0.5) is 4.79 Å². The molecule has 0 unspecified atom stereocenters. The summed E-state index contributed by atoms with van der Waals surface area (Å²) in [7, 11) is -3.42. The van der Waals surface area contributed by atoms with Crippen LogP contribution in [0, 0.1) is 0 Å². The number of amides is 3. The Bertz CT molecular complexity index is 775. The second-order valence-electron chi connectivity index (χ2n) is 8.81. The van der Waals surface area contributed by atoms with Gasteiger partial charge in [0.05, 0.1) is 91.0 Å². The number of nitrogens with one attached hydrogen (secondary N) is 3. The van der Waals surface area contributed by atoms with Gasteiger partial charge in [-0.2, -0.15) is 20.2 Å². The highest BCUT2D eigenvalue weighted by Gasteiger charge is 2.42. The van der Waals surface area contributed by atoms with Crippen LogP contribution in [0.25, 0.3) is 0 Å². The molecule has 2 heterocycles. The van der Waals surface area contributed by atoms with E-state index in [2.05, 4.69) is 20.1 Å². The van der Waals surface area contributed by atoms with E-state index in [1.807, 2.05) is 11.8 Å². The average molecular weight is 586 g/mol. The van der Waals surface area contributed by atoms with Crippen LogP contribution in [0.5, 0.6) is 0 Å². The lowest BCUT2D eigenvalue weighted by molar-refractivity contribution is -0.121. The van der Waals surface area contributed by atoms with Crippen LogP contribution < -0.4 is 16.0 Å². The van der Waals surface area contributed by atoms with Crippen LogP contribution in [0.3, 0.4) is 0 Å². The summed E-state index contributed by atoms with van der Waals surface area (Å²) in [5, 5.41) is 9.23. The van der Waals surface area contributed by atoms with Gasteiger partial charge in [-0.1, -0.05) is 6.42 Å². The highest BCUT2D eigenvalue weighted by Crippen LogP contribution is 2.33. The summed E-state index contributed by atoms with van der Waals surface area (Å²) in [4.78, 5) is 23.4. The van der Waals surface area contributed by atoms with E-state index < -0.39 is 10.1 Å². The topological polar surface area (TPSA) is 160 Å². The van der Waals surface area contributed by atoms with Crippen molar-refractivity contribution in [3.05, 3.63) is 0 Å². The Balaban J connectivity index is 1.24. The zero-order chi connectivity index (χ0) is 27.5. The van der Waals surface area contributed by atoms with Crippen LogP contribution in [0.15, 0.2) is 0 Å². The number of fused-ring (bicyclic) bond motifs is 1. The third kappa shape index (κ3) is 16.0. The fourth-order valence-corrected chi connectivity index (χ4v) is 5.77. The molecule has 0 aromatic rings. The van der Waals surface area contributed by atoms with Crippen molar-refractivity contribution in [2.24, 2.45) is 0 Å². The van der Waals surface area contributed by atoms with E-state index in [0.717, 1.165) is 31.3 Å². The van der Waals surface area contributed by atoms with Crippen LogP contribution in [0.1, 0.15) is 25.7 Å². The molecule has 13 nitrogen and oxygen atoms in total. The Hall–Kier alpha value is -1.20. The maximum atomic E-state index is 12.0. The minimum atomic E-state index is -3.42. The van der Waals surface area contributed by atoms with E-state index in [1.165, 1.54) is 0 Å². The van der Waals surface area contributed by atoms with E-state index in [4.69, 9.17) is 23.7 Å².